The lowest BCUT2D eigenvalue weighted by Crippen LogP contribution is -2.50. The maximum absolute atomic E-state index is 12.8. The molecule has 0 spiro atoms. The molecule has 1 saturated heterocycles. The van der Waals surface area contributed by atoms with E-state index in [1.807, 2.05) is 0 Å². The molecule has 9 heteroatoms. The van der Waals surface area contributed by atoms with Crippen LogP contribution in [0.1, 0.15) is 15.9 Å². The van der Waals surface area contributed by atoms with Gasteiger partial charge in [-0.2, -0.15) is 4.31 Å². The summed E-state index contributed by atoms with van der Waals surface area (Å²) in [7, 11) is -3.83. The third kappa shape index (κ3) is 4.13. The van der Waals surface area contributed by atoms with Crippen LogP contribution in [0.2, 0.25) is 5.02 Å². The van der Waals surface area contributed by atoms with Crippen molar-refractivity contribution in [1.82, 2.24) is 9.21 Å². The molecule has 1 N–H and O–H groups in total. The summed E-state index contributed by atoms with van der Waals surface area (Å²) in [6.07, 6.45) is 0. The van der Waals surface area contributed by atoms with Crippen LogP contribution in [0.5, 0.6) is 5.75 Å². The molecule has 1 aliphatic heterocycles. The molecule has 144 valence electrons. The Kier molecular flexibility index (Phi) is 5.81. The summed E-state index contributed by atoms with van der Waals surface area (Å²) in [6, 6.07) is 9.50. The number of carbonyl (C=O) groups is 1. The normalized spacial score (nSPS) is 15.7. The van der Waals surface area contributed by atoms with Crippen LogP contribution in [0.4, 0.5) is 0 Å². The van der Waals surface area contributed by atoms with Crippen molar-refractivity contribution in [2.75, 3.05) is 26.2 Å². The maximum Gasteiger partial charge on any atom is 0.255 e. The van der Waals surface area contributed by atoms with E-state index in [9.17, 15) is 18.3 Å². The molecular formula is C18H18BrClN2O4S. The summed E-state index contributed by atoms with van der Waals surface area (Å²) in [5, 5.41) is 10.3. The summed E-state index contributed by atoms with van der Waals surface area (Å²) < 4.78 is 27.7. The zero-order valence-electron chi connectivity index (χ0n) is 14.5. The van der Waals surface area contributed by atoms with Gasteiger partial charge < -0.3 is 10.0 Å². The van der Waals surface area contributed by atoms with E-state index >= 15 is 0 Å². The van der Waals surface area contributed by atoms with Crippen LogP contribution < -0.4 is 0 Å². The number of amides is 1. The number of benzene rings is 2. The van der Waals surface area contributed by atoms with E-state index in [4.69, 9.17) is 11.6 Å². The van der Waals surface area contributed by atoms with Crippen molar-refractivity contribution in [3.63, 3.8) is 0 Å². The second kappa shape index (κ2) is 7.79. The lowest BCUT2D eigenvalue weighted by molar-refractivity contribution is 0.0698. The van der Waals surface area contributed by atoms with E-state index < -0.39 is 10.0 Å². The summed E-state index contributed by atoms with van der Waals surface area (Å²) >= 11 is 9.44. The number of phenols is 1. The van der Waals surface area contributed by atoms with Crippen molar-refractivity contribution in [1.29, 1.82) is 0 Å². The highest BCUT2D eigenvalue weighted by Crippen LogP contribution is 2.28. The first-order chi connectivity index (χ1) is 12.7. The highest BCUT2D eigenvalue weighted by atomic mass is 79.9. The van der Waals surface area contributed by atoms with E-state index in [1.54, 1.807) is 36.1 Å². The second-order valence-corrected chi connectivity index (χ2v) is 9.52. The Morgan fingerprint density at radius 2 is 1.78 bits per heavy atom. The van der Waals surface area contributed by atoms with Crippen LogP contribution in [-0.4, -0.2) is 54.8 Å². The zero-order chi connectivity index (χ0) is 19.8. The SMILES string of the molecule is Cc1ccc(O)c(S(=O)(=O)N2CCN(C(=O)c3cc(Br)ccc3Cl)CC2)c1. The van der Waals surface area contributed by atoms with E-state index in [0.29, 0.717) is 10.6 Å². The predicted molar refractivity (Wildman–Crippen MR) is 107 cm³/mol. The van der Waals surface area contributed by atoms with Crippen LogP contribution in [0.3, 0.4) is 0 Å². The Hall–Kier alpha value is -1.61. The second-order valence-electron chi connectivity index (χ2n) is 6.29. The Morgan fingerprint density at radius 3 is 2.44 bits per heavy atom. The molecule has 0 saturated carbocycles. The average Bonchev–Trinajstić information content (AvgIpc) is 2.65. The van der Waals surface area contributed by atoms with Crippen LogP contribution in [0.25, 0.3) is 0 Å². The van der Waals surface area contributed by atoms with Crippen molar-refractivity contribution < 1.29 is 18.3 Å². The molecule has 0 unspecified atom stereocenters. The minimum absolute atomic E-state index is 0.114. The molecule has 0 aliphatic carbocycles. The Labute approximate surface area is 171 Å². The lowest BCUT2D eigenvalue weighted by atomic mass is 10.2. The number of aromatic hydroxyl groups is 1. The Balaban J connectivity index is 1.76. The van der Waals surface area contributed by atoms with Gasteiger partial charge >= 0.3 is 0 Å². The number of phenolic OH excluding ortho intramolecular Hbond substituents is 1. The first-order valence-electron chi connectivity index (χ1n) is 8.24. The minimum atomic E-state index is -3.83. The van der Waals surface area contributed by atoms with Crippen molar-refractivity contribution >= 4 is 43.5 Å². The molecule has 2 aromatic rings. The van der Waals surface area contributed by atoms with Crippen LogP contribution in [0.15, 0.2) is 45.8 Å². The lowest BCUT2D eigenvalue weighted by Gasteiger charge is -2.34. The molecule has 2 aromatic carbocycles. The number of sulfonamides is 1. The van der Waals surface area contributed by atoms with Crippen molar-refractivity contribution in [3.8, 4) is 5.75 Å². The van der Waals surface area contributed by atoms with Crippen molar-refractivity contribution in [2.24, 2.45) is 0 Å². The number of aryl methyl sites for hydroxylation is 1. The molecule has 1 aliphatic rings. The molecule has 6 nitrogen and oxygen atoms in total. The fourth-order valence-electron chi connectivity index (χ4n) is 2.93. The number of carbonyl (C=O) groups excluding carboxylic acids is 1. The Morgan fingerprint density at radius 1 is 1.11 bits per heavy atom. The van der Waals surface area contributed by atoms with Crippen molar-refractivity contribution in [2.45, 2.75) is 11.8 Å². The number of piperazine rings is 1. The van der Waals surface area contributed by atoms with E-state index in [1.165, 1.54) is 16.4 Å². The third-order valence-electron chi connectivity index (χ3n) is 4.42. The van der Waals surface area contributed by atoms with Gasteiger partial charge in [-0.3, -0.25) is 4.79 Å². The van der Waals surface area contributed by atoms with E-state index in [0.717, 1.165) is 10.0 Å². The van der Waals surface area contributed by atoms with Gasteiger partial charge in [0.05, 0.1) is 10.6 Å². The number of hydrogen-bond acceptors (Lipinski definition) is 4. The first-order valence-corrected chi connectivity index (χ1v) is 10.9. The smallest absolute Gasteiger partial charge is 0.255 e. The number of nitrogens with zero attached hydrogens (tertiary/aromatic N) is 2. The summed E-state index contributed by atoms with van der Waals surface area (Å²) in [5.41, 5.74) is 1.11. The molecule has 3 rings (SSSR count). The van der Waals surface area contributed by atoms with Crippen molar-refractivity contribution in [3.05, 3.63) is 57.0 Å². The van der Waals surface area contributed by atoms with Gasteiger partial charge in [0.2, 0.25) is 10.0 Å². The summed E-state index contributed by atoms with van der Waals surface area (Å²) in [5.74, 6) is -0.517. The topological polar surface area (TPSA) is 77.9 Å². The molecule has 0 bridgehead atoms. The monoisotopic (exact) mass is 472 g/mol. The van der Waals surface area contributed by atoms with Gasteiger partial charge in [-0.15, -0.1) is 0 Å². The molecule has 0 radical (unpaired) electrons. The molecule has 27 heavy (non-hydrogen) atoms. The molecular weight excluding hydrogens is 456 g/mol. The quantitative estimate of drug-likeness (QED) is 0.742. The molecule has 0 atom stereocenters. The fraction of sp³-hybridized carbons (Fsp3) is 0.278. The molecule has 0 aromatic heterocycles. The number of hydrogen-bond donors (Lipinski definition) is 1. The fourth-order valence-corrected chi connectivity index (χ4v) is 5.08. The van der Waals surface area contributed by atoms with E-state index in [-0.39, 0.29) is 42.7 Å². The van der Waals surface area contributed by atoms with Crippen LogP contribution >= 0.6 is 27.5 Å². The number of halogens is 2. The number of rotatable bonds is 3. The van der Waals surface area contributed by atoms with E-state index in [2.05, 4.69) is 15.9 Å². The van der Waals surface area contributed by atoms with Gasteiger partial charge in [0.15, 0.2) is 0 Å². The first kappa shape index (κ1) is 20.1. The standard InChI is InChI=1S/C18H18BrClN2O4S/c1-12-2-5-16(23)17(10-12)27(25,26)22-8-6-21(7-9-22)18(24)14-11-13(19)3-4-15(14)20/h2-5,10-11,23H,6-9H2,1H3. The van der Waals surface area contributed by atoms with Gasteiger partial charge in [-0.1, -0.05) is 33.6 Å². The molecule has 1 amide bonds. The van der Waals surface area contributed by atoms with Gasteiger partial charge in [0.25, 0.3) is 5.91 Å². The molecule has 1 fully saturated rings. The van der Waals surface area contributed by atoms with Crippen LogP contribution in [0, 0.1) is 6.92 Å². The summed E-state index contributed by atoms with van der Waals surface area (Å²) in [4.78, 5) is 14.2. The highest BCUT2D eigenvalue weighted by molar-refractivity contribution is 9.10. The van der Waals surface area contributed by atoms with Crippen LogP contribution in [-0.2, 0) is 10.0 Å². The predicted octanol–water partition coefficient (Wildman–Crippen LogP) is 3.26. The summed E-state index contributed by atoms with van der Waals surface area (Å²) in [6.45, 7) is 2.54. The van der Waals surface area contributed by atoms with Gasteiger partial charge in [0.1, 0.15) is 10.6 Å². The highest BCUT2D eigenvalue weighted by Gasteiger charge is 2.32. The van der Waals surface area contributed by atoms with Gasteiger partial charge in [-0.25, -0.2) is 8.42 Å². The molecule has 1 heterocycles. The average molecular weight is 474 g/mol. The largest absolute Gasteiger partial charge is 0.507 e. The zero-order valence-corrected chi connectivity index (χ0v) is 17.7. The third-order valence-corrected chi connectivity index (χ3v) is 7.17. The minimum Gasteiger partial charge on any atom is -0.507 e. The van der Waals surface area contributed by atoms with Gasteiger partial charge in [-0.05, 0) is 42.8 Å². The van der Waals surface area contributed by atoms with Gasteiger partial charge in [0, 0.05) is 30.7 Å². The Bertz CT molecular complexity index is 989. The maximum atomic E-state index is 12.8.